The summed E-state index contributed by atoms with van der Waals surface area (Å²) in [6.45, 7) is 1.69. The van der Waals surface area contributed by atoms with E-state index in [-0.39, 0.29) is 11.8 Å². The highest BCUT2D eigenvalue weighted by molar-refractivity contribution is 6.32. The van der Waals surface area contributed by atoms with Crippen molar-refractivity contribution in [3.05, 3.63) is 40.8 Å². The van der Waals surface area contributed by atoms with E-state index >= 15 is 0 Å². The molecule has 0 saturated heterocycles. The Balaban J connectivity index is 2.30. The molecule has 0 aliphatic heterocycles. The lowest BCUT2D eigenvalue weighted by molar-refractivity contribution is 0.619. The van der Waals surface area contributed by atoms with Crippen LogP contribution in [-0.2, 0) is 0 Å². The summed E-state index contributed by atoms with van der Waals surface area (Å²) in [4.78, 5) is 7.86. The second-order valence-electron chi connectivity index (χ2n) is 3.62. The van der Waals surface area contributed by atoms with Gasteiger partial charge in [-0.15, -0.1) is 0 Å². The van der Waals surface area contributed by atoms with Crippen molar-refractivity contribution in [2.45, 2.75) is 6.92 Å². The van der Waals surface area contributed by atoms with Crippen LogP contribution >= 0.6 is 11.6 Å². The number of nitrogens with one attached hydrogen (secondary N) is 2. The van der Waals surface area contributed by atoms with E-state index in [2.05, 4.69) is 20.7 Å². The van der Waals surface area contributed by atoms with Crippen LogP contribution in [-0.4, -0.2) is 9.97 Å². The topological polar surface area (TPSA) is 75.9 Å². The van der Waals surface area contributed by atoms with Crippen LogP contribution in [0, 0.1) is 12.7 Å². The van der Waals surface area contributed by atoms with Gasteiger partial charge in [0, 0.05) is 5.69 Å². The Kier molecular flexibility index (Phi) is 3.59. The lowest BCUT2D eigenvalue weighted by Crippen LogP contribution is -2.11. The van der Waals surface area contributed by atoms with E-state index in [0.29, 0.717) is 22.1 Å². The van der Waals surface area contributed by atoms with Gasteiger partial charge < -0.3 is 5.32 Å². The Bertz CT molecular complexity index is 575. The average molecular weight is 268 g/mol. The summed E-state index contributed by atoms with van der Waals surface area (Å²) in [5.74, 6) is 5.46. The van der Waals surface area contributed by atoms with Gasteiger partial charge in [0.1, 0.15) is 10.8 Å². The van der Waals surface area contributed by atoms with Crippen LogP contribution in [0.4, 0.5) is 21.8 Å². The maximum atomic E-state index is 13.4. The highest BCUT2D eigenvalue weighted by atomic mass is 35.5. The van der Waals surface area contributed by atoms with E-state index in [9.17, 15) is 4.39 Å². The zero-order chi connectivity index (χ0) is 13.1. The Labute approximate surface area is 108 Å². The molecular formula is C11H11ClFN5. The van der Waals surface area contributed by atoms with E-state index in [1.54, 1.807) is 19.1 Å². The number of aromatic nitrogens is 2. The normalized spacial score (nSPS) is 10.2. The van der Waals surface area contributed by atoms with Gasteiger partial charge in [-0.3, -0.25) is 5.43 Å². The van der Waals surface area contributed by atoms with Gasteiger partial charge in [-0.05, 0) is 24.6 Å². The van der Waals surface area contributed by atoms with Crippen LogP contribution in [0.15, 0.2) is 24.4 Å². The Morgan fingerprint density at radius 1 is 1.39 bits per heavy atom. The SMILES string of the molecule is Cc1ccc(Nc2nc(NN)ncc2Cl)cc1F. The van der Waals surface area contributed by atoms with Crippen LogP contribution in [0.2, 0.25) is 5.02 Å². The molecule has 2 aromatic rings. The number of halogens is 2. The van der Waals surface area contributed by atoms with E-state index in [4.69, 9.17) is 17.4 Å². The van der Waals surface area contributed by atoms with Crippen LogP contribution in [0.25, 0.3) is 0 Å². The van der Waals surface area contributed by atoms with E-state index in [1.807, 2.05) is 0 Å². The molecule has 0 aliphatic carbocycles. The van der Waals surface area contributed by atoms with Crippen LogP contribution in [0.3, 0.4) is 0 Å². The molecule has 4 N–H and O–H groups in total. The zero-order valence-corrected chi connectivity index (χ0v) is 10.3. The molecule has 1 aromatic heterocycles. The van der Waals surface area contributed by atoms with Crippen molar-refractivity contribution in [2.75, 3.05) is 10.7 Å². The summed E-state index contributed by atoms with van der Waals surface area (Å²) in [6, 6.07) is 4.75. The fraction of sp³-hybridized carbons (Fsp3) is 0.0909. The summed E-state index contributed by atoms with van der Waals surface area (Å²) < 4.78 is 13.4. The van der Waals surface area contributed by atoms with Gasteiger partial charge in [0.05, 0.1) is 6.20 Å². The van der Waals surface area contributed by atoms with Gasteiger partial charge in [0.25, 0.3) is 0 Å². The molecule has 1 aromatic carbocycles. The lowest BCUT2D eigenvalue weighted by Gasteiger charge is -2.09. The summed E-state index contributed by atoms with van der Waals surface area (Å²) in [5.41, 5.74) is 3.42. The highest BCUT2D eigenvalue weighted by Crippen LogP contribution is 2.24. The number of nitrogens with zero attached hydrogens (tertiary/aromatic N) is 2. The average Bonchev–Trinajstić information content (AvgIpc) is 2.36. The molecule has 0 amide bonds. The van der Waals surface area contributed by atoms with Crippen molar-refractivity contribution in [3.8, 4) is 0 Å². The van der Waals surface area contributed by atoms with Gasteiger partial charge in [0.2, 0.25) is 5.95 Å². The molecule has 1 heterocycles. The van der Waals surface area contributed by atoms with Crippen molar-refractivity contribution >= 4 is 29.1 Å². The van der Waals surface area contributed by atoms with Crippen molar-refractivity contribution in [2.24, 2.45) is 5.84 Å². The number of benzene rings is 1. The molecule has 7 heteroatoms. The molecule has 0 fully saturated rings. The molecule has 94 valence electrons. The number of anilines is 3. The molecule has 0 spiro atoms. The first kappa shape index (κ1) is 12.5. The number of hydrogen-bond acceptors (Lipinski definition) is 5. The Hall–Kier alpha value is -1.92. The lowest BCUT2D eigenvalue weighted by atomic mass is 10.2. The molecule has 2 rings (SSSR count). The zero-order valence-electron chi connectivity index (χ0n) is 9.54. The van der Waals surface area contributed by atoms with Crippen LogP contribution in [0.5, 0.6) is 0 Å². The van der Waals surface area contributed by atoms with Gasteiger partial charge in [0.15, 0.2) is 5.82 Å². The largest absolute Gasteiger partial charge is 0.339 e. The molecule has 0 unspecified atom stereocenters. The first-order valence-corrected chi connectivity index (χ1v) is 5.50. The van der Waals surface area contributed by atoms with E-state index in [1.165, 1.54) is 12.3 Å². The van der Waals surface area contributed by atoms with Crippen molar-refractivity contribution in [1.82, 2.24) is 9.97 Å². The summed E-state index contributed by atoms with van der Waals surface area (Å²) in [5, 5.41) is 3.21. The van der Waals surface area contributed by atoms with Gasteiger partial charge >= 0.3 is 0 Å². The van der Waals surface area contributed by atoms with E-state index < -0.39 is 0 Å². The smallest absolute Gasteiger partial charge is 0.239 e. The summed E-state index contributed by atoms with van der Waals surface area (Å²) in [7, 11) is 0. The number of hydrogen-bond donors (Lipinski definition) is 3. The third-order valence-electron chi connectivity index (χ3n) is 2.31. The molecular weight excluding hydrogens is 257 g/mol. The van der Waals surface area contributed by atoms with Gasteiger partial charge in [-0.1, -0.05) is 17.7 Å². The minimum Gasteiger partial charge on any atom is -0.339 e. The van der Waals surface area contributed by atoms with Gasteiger partial charge in [-0.2, -0.15) is 4.98 Å². The maximum absolute atomic E-state index is 13.4. The number of aryl methyl sites for hydroxylation is 1. The fourth-order valence-corrected chi connectivity index (χ4v) is 1.47. The Morgan fingerprint density at radius 2 is 2.17 bits per heavy atom. The fourth-order valence-electron chi connectivity index (χ4n) is 1.33. The Morgan fingerprint density at radius 3 is 2.83 bits per heavy atom. The van der Waals surface area contributed by atoms with Crippen LogP contribution < -0.4 is 16.6 Å². The standard InChI is InChI=1S/C11H11ClFN5/c1-6-2-3-7(4-9(6)13)16-10-8(12)5-15-11(17-10)18-14/h2-5H,14H2,1H3,(H2,15,16,17,18). The predicted octanol–water partition coefficient (Wildman–Crippen LogP) is 2.61. The van der Waals surface area contributed by atoms with Crippen molar-refractivity contribution < 1.29 is 4.39 Å². The quantitative estimate of drug-likeness (QED) is 0.589. The first-order chi connectivity index (χ1) is 8.60. The minimum atomic E-state index is -0.303. The monoisotopic (exact) mass is 267 g/mol. The van der Waals surface area contributed by atoms with Crippen LogP contribution in [0.1, 0.15) is 5.56 Å². The third-order valence-corrected chi connectivity index (χ3v) is 2.58. The molecule has 18 heavy (non-hydrogen) atoms. The summed E-state index contributed by atoms with van der Waals surface area (Å²) >= 11 is 5.92. The number of hydrazine groups is 1. The third kappa shape index (κ3) is 2.66. The second-order valence-corrected chi connectivity index (χ2v) is 4.03. The predicted molar refractivity (Wildman–Crippen MR) is 69.3 cm³/mol. The van der Waals surface area contributed by atoms with E-state index in [0.717, 1.165) is 0 Å². The molecule has 0 aliphatic rings. The molecule has 0 atom stereocenters. The number of rotatable bonds is 3. The molecule has 0 radical (unpaired) electrons. The van der Waals surface area contributed by atoms with Gasteiger partial charge in [-0.25, -0.2) is 15.2 Å². The number of nitrogens with two attached hydrogens (primary N) is 1. The molecule has 0 saturated carbocycles. The second kappa shape index (κ2) is 5.16. The van der Waals surface area contributed by atoms with Crippen molar-refractivity contribution in [1.29, 1.82) is 0 Å². The van der Waals surface area contributed by atoms with Crippen molar-refractivity contribution in [3.63, 3.8) is 0 Å². The maximum Gasteiger partial charge on any atom is 0.239 e. The molecule has 5 nitrogen and oxygen atoms in total. The molecule has 0 bridgehead atoms. The number of nitrogen functional groups attached to an aromatic ring is 1. The minimum absolute atomic E-state index is 0.217. The highest BCUT2D eigenvalue weighted by Gasteiger charge is 2.06. The first-order valence-electron chi connectivity index (χ1n) is 5.12. The summed E-state index contributed by atoms with van der Waals surface area (Å²) in [6.07, 6.45) is 1.40.